The molecule has 0 aliphatic heterocycles. The lowest BCUT2D eigenvalue weighted by molar-refractivity contribution is -0.683. The van der Waals surface area contributed by atoms with Crippen LogP contribution in [0.2, 0.25) is 0 Å². The van der Waals surface area contributed by atoms with Crippen molar-refractivity contribution in [3.05, 3.63) is 177 Å². The van der Waals surface area contributed by atoms with Crippen LogP contribution in [0.25, 0.3) is 0 Å². The minimum Gasteiger partial charge on any atom is -0.429 e. The lowest BCUT2D eigenvalue weighted by Gasteiger charge is -2.44. The summed E-state index contributed by atoms with van der Waals surface area (Å²) in [5.74, 6) is -72.4. The minimum absolute atomic E-state index is 0.0500. The zero-order chi connectivity index (χ0) is 48.7. The van der Waals surface area contributed by atoms with Crippen LogP contribution in [0.3, 0.4) is 0 Å². The number of hydrogen-bond acceptors (Lipinski definition) is 4. The predicted molar refractivity (Wildman–Crippen MR) is 176 cm³/mol. The molecule has 0 saturated carbocycles. The lowest BCUT2D eigenvalue weighted by Crippen LogP contribution is -2.81. The van der Waals surface area contributed by atoms with Gasteiger partial charge < -0.3 is 4.74 Å². The molecular formula is C38H12BF21N2O3. The summed E-state index contributed by atoms with van der Waals surface area (Å²) in [5, 5.41) is 0. The summed E-state index contributed by atoms with van der Waals surface area (Å²) < 4.78 is 312. The number of hydrogen-bond donors (Lipinski definition) is 0. The number of alkyl halides is 1. The molecule has 0 aliphatic rings. The number of rotatable bonds is 9. The van der Waals surface area contributed by atoms with Crippen LogP contribution in [0.1, 0.15) is 20.8 Å². The van der Waals surface area contributed by atoms with Crippen molar-refractivity contribution in [1.29, 1.82) is 0 Å². The highest BCUT2D eigenvalue weighted by molar-refractivity contribution is 7.20. The van der Waals surface area contributed by atoms with Gasteiger partial charge in [0.1, 0.15) is 52.7 Å². The Hall–Kier alpha value is -7.09. The van der Waals surface area contributed by atoms with Gasteiger partial charge in [0, 0.05) is 5.56 Å². The summed E-state index contributed by atoms with van der Waals surface area (Å²) in [4.78, 5) is 27.1. The van der Waals surface area contributed by atoms with Gasteiger partial charge in [0.25, 0.3) is 0 Å². The zero-order valence-electron chi connectivity index (χ0n) is 30.7. The molecule has 342 valence electrons. The smallest absolute Gasteiger partial charge is 0.365 e. The second kappa shape index (κ2) is 18.6. The van der Waals surface area contributed by atoms with Crippen molar-refractivity contribution in [3.8, 4) is 0 Å². The average Bonchev–Trinajstić information content (AvgIpc) is 3.29. The fourth-order valence-electron chi connectivity index (χ4n) is 6.52. The maximum Gasteiger partial charge on any atom is 0.365 e. The number of ether oxygens (including phenoxy) is 1. The first-order valence-corrected chi connectivity index (χ1v) is 16.8. The van der Waals surface area contributed by atoms with Gasteiger partial charge in [-0.15, -0.1) is 21.9 Å². The highest BCUT2D eigenvalue weighted by atomic mass is 19.2. The Balaban J connectivity index is 0.000000330. The number of carbonyl (C=O) groups excluding carboxylic acids is 2. The minimum atomic E-state index is -7.22. The highest BCUT2D eigenvalue weighted by Crippen LogP contribution is 2.30. The van der Waals surface area contributed by atoms with Crippen LogP contribution in [0, 0.1) is 116 Å². The fourth-order valence-corrected chi connectivity index (χ4v) is 6.52. The summed E-state index contributed by atoms with van der Waals surface area (Å²) in [6.07, 6.45) is -2.97. The topological polar surface area (TPSA) is 60.1 Å². The van der Waals surface area contributed by atoms with E-state index in [1.165, 1.54) is 17.0 Å². The average molecular weight is 954 g/mol. The van der Waals surface area contributed by atoms with E-state index in [1.54, 1.807) is 30.5 Å². The van der Waals surface area contributed by atoms with E-state index in [1.807, 2.05) is 6.07 Å². The molecular weight excluding hydrogens is 942 g/mol. The quantitative estimate of drug-likeness (QED) is 0.0294. The maximum atomic E-state index is 15.4. The van der Waals surface area contributed by atoms with Crippen molar-refractivity contribution in [2.45, 2.75) is 6.54 Å². The van der Waals surface area contributed by atoms with Crippen LogP contribution in [-0.2, 0) is 11.3 Å². The first-order chi connectivity index (χ1) is 30.4. The first kappa shape index (κ1) is 48.9. The van der Waals surface area contributed by atoms with Crippen molar-refractivity contribution in [1.82, 2.24) is 4.98 Å². The van der Waals surface area contributed by atoms with Crippen molar-refractivity contribution >= 4 is 39.7 Å². The van der Waals surface area contributed by atoms with Gasteiger partial charge in [-0.3, -0.25) is 4.79 Å². The summed E-state index contributed by atoms with van der Waals surface area (Å²) in [5.41, 5.74) is -13.8. The van der Waals surface area contributed by atoms with Gasteiger partial charge in [-0.1, -0.05) is 30.3 Å². The van der Waals surface area contributed by atoms with E-state index in [0.717, 1.165) is 0 Å². The third-order valence-corrected chi connectivity index (χ3v) is 9.28. The number of ketones is 1. The molecule has 6 rings (SSSR count). The number of Topliss-reactive ketones (excluding diaryl/α,β-unsaturated/α-hetero) is 1. The lowest BCUT2D eigenvalue weighted by atomic mass is 9.12. The van der Waals surface area contributed by atoms with Crippen molar-refractivity contribution < 1.29 is 111 Å². The summed E-state index contributed by atoms with van der Waals surface area (Å²) in [7, 11) is 0. The van der Waals surface area contributed by atoms with Crippen LogP contribution >= 0.6 is 0 Å². The van der Waals surface area contributed by atoms with Crippen LogP contribution in [0.15, 0.2) is 48.9 Å². The predicted octanol–water partition coefficient (Wildman–Crippen LogP) is 7.18. The Morgan fingerprint density at radius 2 is 0.754 bits per heavy atom. The molecule has 0 N–H and O–H groups in total. The molecule has 0 spiro atoms. The number of benzene rings is 5. The van der Waals surface area contributed by atoms with Crippen LogP contribution in [0.4, 0.5) is 92.2 Å². The Bertz CT molecular complexity index is 2540. The first-order valence-electron chi connectivity index (χ1n) is 16.8. The van der Waals surface area contributed by atoms with Crippen LogP contribution < -0.4 is 26.4 Å². The normalized spacial score (nSPS) is 11.4. The molecule has 0 atom stereocenters. The Labute approximate surface area is 345 Å². The van der Waals surface area contributed by atoms with E-state index in [2.05, 4.69) is 9.72 Å². The number of aromatic nitrogens is 2. The Kier molecular flexibility index (Phi) is 14.0. The van der Waals surface area contributed by atoms with Crippen LogP contribution in [0.5, 0.6) is 0 Å². The van der Waals surface area contributed by atoms with Gasteiger partial charge >= 0.3 is 5.97 Å². The molecule has 6 aromatic rings. The summed E-state index contributed by atoms with van der Waals surface area (Å²) in [6, 6.07) is 8.79. The van der Waals surface area contributed by atoms with Gasteiger partial charge in [-0.05, 0) is 0 Å². The molecule has 0 bridgehead atoms. The Morgan fingerprint density at radius 1 is 0.462 bits per heavy atom. The highest BCUT2D eigenvalue weighted by Gasteiger charge is 2.52. The monoisotopic (exact) mass is 954 g/mol. The van der Waals surface area contributed by atoms with Crippen LogP contribution in [-0.4, -0.2) is 29.7 Å². The SMILES string of the molecule is Fc1c(F)c(F)c([B-](c2c(F)c(F)c(F)c(F)c2F)(c2c(F)c(F)c(F)c(F)c2F)c2c(F)c(F)c(F)c(F)c2F)c(F)c1F.O=C(C[n+]1ccnc(C(=O)OCF)c1)c1ccccc1. The maximum absolute atomic E-state index is 15.4. The fraction of sp³-hybridized carbons (Fsp3) is 0.0526. The number of carbonyl (C=O) groups is 2. The van der Waals surface area contributed by atoms with Gasteiger partial charge in [0.05, 0.1) is 6.20 Å². The standard InChI is InChI=1S/C24BF20.C14H12FN2O3/c26-5-1(6(27)14(35)21(42)13(5)34)25(2-7(28)15(36)22(43)16(37)8(2)29,3-9(30)17(38)23(44)18(39)10(3)31)4-11(32)19(40)24(45)20(41)12(4)33;15-10-20-14(19)12-8-17(7-6-16-12)9-13(18)11-4-2-1-3-5-11/h;1-8H,9-10H2/q-1;+1. The molecule has 5 aromatic carbocycles. The van der Waals surface area contributed by atoms with E-state index in [9.17, 15) is 66.7 Å². The van der Waals surface area contributed by atoms with Crippen molar-refractivity contribution in [3.63, 3.8) is 0 Å². The van der Waals surface area contributed by atoms with Gasteiger partial charge in [0.2, 0.25) is 31.1 Å². The van der Waals surface area contributed by atoms with Crippen molar-refractivity contribution in [2.75, 3.05) is 6.86 Å². The summed E-state index contributed by atoms with van der Waals surface area (Å²) >= 11 is 0. The molecule has 0 amide bonds. The van der Waals surface area contributed by atoms with Gasteiger partial charge in [-0.25, -0.2) is 102 Å². The number of halogens is 21. The van der Waals surface area contributed by atoms with Crippen molar-refractivity contribution in [2.24, 2.45) is 0 Å². The zero-order valence-corrected chi connectivity index (χ0v) is 30.7. The molecule has 0 saturated heterocycles. The number of nitrogens with zero attached hydrogens (tertiary/aromatic N) is 2. The molecule has 65 heavy (non-hydrogen) atoms. The molecule has 0 radical (unpaired) electrons. The Morgan fingerprint density at radius 3 is 1.05 bits per heavy atom. The van der Waals surface area contributed by atoms with E-state index in [4.69, 9.17) is 0 Å². The molecule has 0 unspecified atom stereocenters. The molecule has 0 fully saturated rings. The third-order valence-electron chi connectivity index (χ3n) is 9.28. The van der Waals surface area contributed by atoms with E-state index in [-0.39, 0.29) is 18.0 Å². The van der Waals surface area contributed by atoms with E-state index < -0.39 is 157 Å². The molecule has 5 nitrogen and oxygen atoms in total. The third kappa shape index (κ3) is 8.06. The largest absolute Gasteiger partial charge is 0.429 e. The molecule has 27 heteroatoms. The van der Waals surface area contributed by atoms with E-state index in [0.29, 0.717) is 5.56 Å². The molecule has 0 aliphatic carbocycles. The second-order valence-electron chi connectivity index (χ2n) is 12.7. The summed E-state index contributed by atoms with van der Waals surface area (Å²) in [6.45, 7) is -1.15. The molecule has 1 heterocycles. The van der Waals surface area contributed by atoms with Gasteiger partial charge in [-0.2, -0.15) is 4.57 Å². The second-order valence-corrected chi connectivity index (χ2v) is 12.7. The van der Waals surface area contributed by atoms with E-state index >= 15 is 35.1 Å². The van der Waals surface area contributed by atoms with Gasteiger partial charge in [0.15, 0.2) is 76.0 Å². The molecule has 1 aromatic heterocycles. The number of esters is 1.